The number of rotatable bonds is 9. The van der Waals surface area contributed by atoms with E-state index in [1.54, 1.807) is 37.6 Å². The number of methoxy groups -OCH3 is 1. The van der Waals surface area contributed by atoms with Gasteiger partial charge in [-0.05, 0) is 95.2 Å². The molecule has 3 heterocycles. The maximum atomic E-state index is 13.7. The second-order valence-corrected chi connectivity index (χ2v) is 11.2. The first-order valence-corrected chi connectivity index (χ1v) is 15.2. The zero-order chi connectivity index (χ0) is 30.9. The molecule has 0 unspecified atom stereocenters. The number of furan rings is 1. The van der Waals surface area contributed by atoms with Crippen molar-refractivity contribution in [3.63, 3.8) is 0 Å². The van der Waals surface area contributed by atoms with Crippen molar-refractivity contribution in [1.82, 2.24) is 9.66 Å². The van der Waals surface area contributed by atoms with Crippen molar-refractivity contribution in [2.24, 2.45) is 5.10 Å². The topological polar surface area (TPSA) is 107 Å². The van der Waals surface area contributed by atoms with E-state index in [0.717, 1.165) is 20.3 Å². The van der Waals surface area contributed by atoms with Crippen LogP contribution in [0.25, 0.3) is 33.5 Å². The summed E-state index contributed by atoms with van der Waals surface area (Å²) in [5.41, 5.74) is 2.45. The molecule has 0 atom stereocenters. The quantitative estimate of drug-likeness (QED) is 0.116. The smallest absolute Gasteiger partial charge is 0.282 e. The first-order valence-electron chi connectivity index (χ1n) is 14.1. The number of fused-ring (bicyclic) bond motifs is 3. The van der Waals surface area contributed by atoms with E-state index >= 15 is 0 Å². The van der Waals surface area contributed by atoms with Crippen LogP contribution in [-0.2, 0) is 6.61 Å². The van der Waals surface area contributed by atoms with Crippen LogP contribution in [0.15, 0.2) is 93.2 Å². The predicted octanol–water partition coefficient (Wildman–Crippen LogP) is 7.01. The molecule has 0 radical (unpaired) electrons. The summed E-state index contributed by atoms with van der Waals surface area (Å²) in [6.45, 7) is 2.86. The van der Waals surface area contributed by atoms with Crippen molar-refractivity contribution in [2.45, 2.75) is 13.5 Å². The number of ether oxygens (including phenoxy) is 5. The molecular weight excluding hydrogens is 689 g/mol. The Hall–Kier alpha value is -5.04. The lowest BCUT2D eigenvalue weighted by molar-refractivity contribution is 0.174. The van der Waals surface area contributed by atoms with Gasteiger partial charge in [-0.15, -0.1) is 0 Å². The number of hydrogen-bond donors (Lipinski definition) is 0. The monoisotopic (exact) mass is 715 g/mol. The van der Waals surface area contributed by atoms with Gasteiger partial charge in [-0.25, -0.2) is 4.98 Å². The molecule has 0 aliphatic carbocycles. The van der Waals surface area contributed by atoms with Gasteiger partial charge < -0.3 is 28.1 Å². The Labute approximate surface area is 270 Å². The van der Waals surface area contributed by atoms with E-state index in [0.29, 0.717) is 64.0 Å². The first kappa shape index (κ1) is 28.7. The highest BCUT2D eigenvalue weighted by molar-refractivity contribution is 14.1. The molecule has 0 fully saturated rings. The maximum Gasteiger partial charge on any atom is 0.282 e. The van der Waals surface area contributed by atoms with Crippen LogP contribution in [0.3, 0.4) is 0 Å². The Balaban J connectivity index is 1.26. The highest BCUT2D eigenvalue weighted by atomic mass is 127. The summed E-state index contributed by atoms with van der Waals surface area (Å²) in [5, 5.41) is 5.81. The Morgan fingerprint density at radius 3 is 2.69 bits per heavy atom. The van der Waals surface area contributed by atoms with Crippen LogP contribution in [0.2, 0.25) is 0 Å². The van der Waals surface area contributed by atoms with Crippen molar-refractivity contribution >= 4 is 50.7 Å². The minimum Gasteiger partial charge on any atom is -0.496 e. The van der Waals surface area contributed by atoms with E-state index in [-0.39, 0.29) is 18.2 Å². The van der Waals surface area contributed by atoms with Crippen LogP contribution < -0.4 is 29.2 Å². The van der Waals surface area contributed by atoms with Gasteiger partial charge in [-0.2, -0.15) is 9.78 Å². The van der Waals surface area contributed by atoms with Crippen LogP contribution in [0, 0.1) is 3.57 Å². The molecule has 0 N–H and O–H groups in total. The normalized spacial score (nSPS) is 12.3. The summed E-state index contributed by atoms with van der Waals surface area (Å²) < 4.78 is 36.8. The molecule has 0 saturated heterocycles. The van der Waals surface area contributed by atoms with E-state index in [1.165, 1.54) is 4.68 Å². The minimum absolute atomic E-state index is 0.213. The number of aromatic nitrogens is 2. The highest BCUT2D eigenvalue weighted by Gasteiger charge is 2.19. The molecule has 2 aromatic heterocycles. The van der Waals surface area contributed by atoms with Gasteiger partial charge in [-0.3, -0.25) is 4.79 Å². The third-order valence-corrected chi connectivity index (χ3v) is 7.99. The summed E-state index contributed by atoms with van der Waals surface area (Å²) in [6, 6.07) is 23.9. The van der Waals surface area contributed by atoms with E-state index in [2.05, 4.69) is 27.7 Å². The Morgan fingerprint density at radius 2 is 1.82 bits per heavy atom. The molecule has 0 amide bonds. The lowest BCUT2D eigenvalue weighted by atomic mass is 10.2. The Kier molecular flexibility index (Phi) is 7.76. The second-order valence-electron chi connectivity index (χ2n) is 10.0. The standard InChI is InChI=1S/C34H26IN3O7/c1-3-41-30-15-21(13-24(35)32(30)42-18-20-11-12-28-29(14-20)44-19-43-28)17-36-38-33(37-25-8-5-4-7-22(25)34(38)39)31-16-23-26(40-2)9-6-10-27(23)45-31/h4-17H,3,18-19H2,1-2H3. The van der Waals surface area contributed by atoms with Gasteiger partial charge in [0.2, 0.25) is 12.6 Å². The number of hydrogen-bond acceptors (Lipinski definition) is 9. The highest BCUT2D eigenvalue weighted by Crippen LogP contribution is 2.37. The molecule has 0 saturated carbocycles. The number of nitrogens with zero attached hydrogens (tertiary/aromatic N) is 3. The molecule has 1 aliphatic heterocycles. The molecule has 45 heavy (non-hydrogen) atoms. The third kappa shape index (κ3) is 5.55. The van der Waals surface area contributed by atoms with Crippen LogP contribution in [0.5, 0.6) is 28.7 Å². The van der Waals surface area contributed by atoms with Gasteiger partial charge in [0.15, 0.2) is 28.8 Å². The molecule has 1 aliphatic rings. The maximum absolute atomic E-state index is 13.7. The largest absolute Gasteiger partial charge is 0.496 e. The summed E-state index contributed by atoms with van der Waals surface area (Å²) in [5.74, 6) is 3.87. The fraction of sp³-hybridized carbons (Fsp3) is 0.147. The van der Waals surface area contributed by atoms with Crippen molar-refractivity contribution in [2.75, 3.05) is 20.5 Å². The van der Waals surface area contributed by atoms with Crippen molar-refractivity contribution in [3.05, 3.63) is 104 Å². The molecule has 0 spiro atoms. The first-order chi connectivity index (χ1) is 22.0. The van der Waals surface area contributed by atoms with Crippen LogP contribution >= 0.6 is 22.6 Å². The van der Waals surface area contributed by atoms with E-state index in [4.69, 9.17) is 33.1 Å². The van der Waals surface area contributed by atoms with Gasteiger partial charge in [0.05, 0.1) is 39.8 Å². The summed E-state index contributed by atoms with van der Waals surface area (Å²) >= 11 is 2.21. The number of benzene rings is 4. The molecular formula is C34H26IN3O7. The molecule has 226 valence electrons. The van der Waals surface area contributed by atoms with Crippen molar-refractivity contribution < 1.29 is 28.1 Å². The zero-order valence-electron chi connectivity index (χ0n) is 24.3. The lowest BCUT2D eigenvalue weighted by Crippen LogP contribution is -2.20. The predicted molar refractivity (Wildman–Crippen MR) is 178 cm³/mol. The molecule has 6 aromatic rings. The fourth-order valence-electron chi connectivity index (χ4n) is 5.09. The van der Waals surface area contributed by atoms with Crippen LogP contribution in [0.4, 0.5) is 0 Å². The summed E-state index contributed by atoms with van der Waals surface area (Å²) in [4.78, 5) is 18.5. The Bertz CT molecular complexity index is 2150. The lowest BCUT2D eigenvalue weighted by Gasteiger charge is -2.15. The fourth-order valence-corrected chi connectivity index (χ4v) is 5.87. The van der Waals surface area contributed by atoms with Crippen LogP contribution in [0.1, 0.15) is 18.1 Å². The average Bonchev–Trinajstić information content (AvgIpc) is 3.71. The van der Waals surface area contributed by atoms with Gasteiger partial charge >= 0.3 is 0 Å². The molecule has 10 nitrogen and oxygen atoms in total. The SMILES string of the molecule is CCOc1cc(C=Nn2c(-c3cc4c(OC)cccc4o3)nc3ccccc3c2=O)cc(I)c1OCc1ccc2c(c1)OCO2. The second kappa shape index (κ2) is 12.2. The van der Waals surface area contributed by atoms with E-state index in [9.17, 15) is 4.79 Å². The molecule has 0 bridgehead atoms. The van der Waals surface area contributed by atoms with E-state index < -0.39 is 0 Å². The Morgan fingerprint density at radius 1 is 0.956 bits per heavy atom. The minimum atomic E-state index is -0.331. The van der Waals surface area contributed by atoms with Gasteiger partial charge in [0.25, 0.3) is 5.56 Å². The average molecular weight is 716 g/mol. The van der Waals surface area contributed by atoms with Gasteiger partial charge in [-0.1, -0.05) is 24.3 Å². The zero-order valence-corrected chi connectivity index (χ0v) is 26.4. The van der Waals surface area contributed by atoms with Gasteiger partial charge in [0, 0.05) is 0 Å². The number of para-hydroxylation sites is 1. The molecule has 11 heteroatoms. The molecule has 7 rings (SSSR count). The molecule has 4 aromatic carbocycles. The van der Waals surface area contributed by atoms with E-state index in [1.807, 2.05) is 61.5 Å². The number of halogens is 1. The summed E-state index contributed by atoms with van der Waals surface area (Å²) in [7, 11) is 1.60. The summed E-state index contributed by atoms with van der Waals surface area (Å²) in [6.07, 6.45) is 1.59. The van der Waals surface area contributed by atoms with Crippen LogP contribution in [-0.4, -0.2) is 36.4 Å². The third-order valence-electron chi connectivity index (χ3n) is 7.19. The van der Waals surface area contributed by atoms with Crippen molar-refractivity contribution in [3.8, 4) is 40.3 Å². The van der Waals surface area contributed by atoms with Crippen molar-refractivity contribution in [1.29, 1.82) is 0 Å². The van der Waals surface area contributed by atoms with Gasteiger partial charge in [0.1, 0.15) is 17.9 Å².